The molecular weight excluding hydrogens is 333 g/mol. The van der Waals surface area contributed by atoms with Crippen molar-refractivity contribution in [2.24, 2.45) is 0 Å². The Hall–Kier alpha value is -0.760. The fourth-order valence-electron chi connectivity index (χ4n) is 1.78. The fourth-order valence-corrected chi connectivity index (χ4v) is 2.41. The lowest BCUT2D eigenvalue weighted by molar-refractivity contribution is -0.128. The number of morpholine rings is 1. The van der Waals surface area contributed by atoms with Crippen molar-refractivity contribution >= 4 is 34.2 Å². The van der Waals surface area contributed by atoms with E-state index in [2.05, 4.69) is 37.5 Å². The van der Waals surface area contributed by atoms with E-state index >= 15 is 0 Å². The number of carbonyl (C=O) groups excluding carboxylic acids is 1. The molecule has 0 aliphatic carbocycles. The van der Waals surface area contributed by atoms with Crippen molar-refractivity contribution in [1.29, 1.82) is 0 Å². The number of anilines is 1. The highest BCUT2D eigenvalue weighted by Gasteiger charge is 2.24. The molecule has 0 aromatic carbocycles. The van der Waals surface area contributed by atoms with Gasteiger partial charge in [0, 0.05) is 12.6 Å². The van der Waals surface area contributed by atoms with Crippen LogP contribution in [0.5, 0.6) is 0 Å². The van der Waals surface area contributed by atoms with E-state index in [1.807, 2.05) is 13.0 Å². The van der Waals surface area contributed by atoms with E-state index in [1.165, 1.54) is 0 Å². The number of carbonyl (C=O) groups is 1. The SMILES string of the molecule is CC(=O)C1CN(c2cc(I)nc(C)n2)CCO1. The number of halogens is 1. The maximum Gasteiger partial charge on any atom is 0.160 e. The summed E-state index contributed by atoms with van der Waals surface area (Å²) < 4.78 is 6.33. The summed E-state index contributed by atoms with van der Waals surface area (Å²) in [6.07, 6.45) is -0.336. The average molecular weight is 347 g/mol. The summed E-state index contributed by atoms with van der Waals surface area (Å²) in [5.74, 6) is 1.68. The number of aromatic nitrogens is 2. The maximum absolute atomic E-state index is 11.3. The zero-order chi connectivity index (χ0) is 12.4. The minimum Gasteiger partial charge on any atom is -0.367 e. The van der Waals surface area contributed by atoms with Crippen LogP contribution < -0.4 is 4.90 Å². The molecule has 1 fully saturated rings. The van der Waals surface area contributed by atoms with Crippen molar-refractivity contribution < 1.29 is 9.53 Å². The Labute approximate surface area is 114 Å². The second-order valence-electron chi connectivity index (χ2n) is 4.01. The quantitative estimate of drug-likeness (QED) is 0.594. The summed E-state index contributed by atoms with van der Waals surface area (Å²) >= 11 is 2.17. The lowest BCUT2D eigenvalue weighted by Crippen LogP contribution is -2.46. The van der Waals surface area contributed by atoms with Gasteiger partial charge < -0.3 is 9.64 Å². The molecule has 0 saturated carbocycles. The average Bonchev–Trinajstić information content (AvgIpc) is 2.28. The smallest absolute Gasteiger partial charge is 0.160 e. The third-order valence-electron chi connectivity index (χ3n) is 2.64. The van der Waals surface area contributed by atoms with E-state index in [4.69, 9.17) is 4.74 Å². The first-order chi connectivity index (χ1) is 8.06. The highest BCUT2D eigenvalue weighted by molar-refractivity contribution is 14.1. The topological polar surface area (TPSA) is 55.3 Å². The molecule has 1 unspecified atom stereocenters. The Morgan fingerprint density at radius 3 is 3.00 bits per heavy atom. The van der Waals surface area contributed by atoms with Crippen LogP contribution in [0.4, 0.5) is 5.82 Å². The molecule has 1 aliphatic rings. The molecule has 2 rings (SSSR count). The van der Waals surface area contributed by atoms with Gasteiger partial charge >= 0.3 is 0 Å². The zero-order valence-corrected chi connectivity index (χ0v) is 12.0. The highest BCUT2D eigenvalue weighted by Crippen LogP contribution is 2.17. The largest absolute Gasteiger partial charge is 0.367 e. The van der Waals surface area contributed by atoms with Crippen molar-refractivity contribution in [2.45, 2.75) is 20.0 Å². The van der Waals surface area contributed by atoms with Crippen molar-refractivity contribution in [3.63, 3.8) is 0 Å². The van der Waals surface area contributed by atoms with Crippen LogP contribution in [0.1, 0.15) is 12.7 Å². The molecule has 1 aromatic rings. The Morgan fingerprint density at radius 1 is 1.59 bits per heavy atom. The number of hydrogen-bond acceptors (Lipinski definition) is 5. The second-order valence-corrected chi connectivity index (χ2v) is 5.12. The molecule has 17 heavy (non-hydrogen) atoms. The van der Waals surface area contributed by atoms with Gasteiger partial charge in [-0.1, -0.05) is 0 Å². The van der Waals surface area contributed by atoms with E-state index in [0.29, 0.717) is 13.2 Å². The van der Waals surface area contributed by atoms with E-state index in [9.17, 15) is 4.79 Å². The number of ether oxygens (including phenoxy) is 1. The minimum atomic E-state index is -0.336. The summed E-state index contributed by atoms with van der Waals surface area (Å²) in [7, 11) is 0. The summed E-state index contributed by atoms with van der Waals surface area (Å²) in [6.45, 7) is 5.32. The molecule has 0 N–H and O–H groups in total. The third-order valence-corrected chi connectivity index (χ3v) is 3.19. The fraction of sp³-hybridized carbons (Fsp3) is 0.545. The van der Waals surface area contributed by atoms with Gasteiger partial charge in [-0.15, -0.1) is 0 Å². The molecular formula is C11H14IN3O2. The van der Waals surface area contributed by atoms with Gasteiger partial charge in [-0.2, -0.15) is 0 Å². The van der Waals surface area contributed by atoms with E-state index in [0.717, 1.165) is 21.9 Å². The van der Waals surface area contributed by atoms with Crippen LogP contribution in [-0.2, 0) is 9.53 Å². The molecule has 6 heteroatoms. The van der Waals surface area contributed by atoms with Gasteiger partial charge in [-0.3, -0.25) is 4.79 Å². The van der Waals surface area contributed by atoms with Gasteiger partial charge in [0.15, 0.2) is 5.78 Å². The van der Waals surface area contributed by atoms with Gasteiger partial charge in [0.25, 0.3) is 0 Å². The maximum atomic E-state index is 11.3. The van der Waals surface area contributed by atoms with Crippen LogP contribution in [0.2, 0.25) is 0 Å². The van der Waals surface area contributed by atoms with Crippen molar-refractivity contribution in [2.75, 3.05) is 24.6 Å². The summed E-state index contributed by atoms with van der Waals surface area (Å²) in [6, 6.07) is 1.93. The number of aryl methyl sites for hydroxylation is 1. The Morgan fingerprint density at radius 2 is 2.35 bits per heavy atom. The number of Topliss-reactive ketones (excluding diaryl/α,β-unsaturated/α-hetero) is 1. The summed E-state index contributed by atoms with van der Waals surface area (Å²) in [5, 5.41) is 0. The molecule has 0 bridgehead atoms. The van der Waals surface area contributed by atoms with Crippen LogP contribution in [-0.4, -0.2) is 41.6 Å². The molecule has 0 radical (unpaired) electrons. The van der Waals surface area contributed by atoms with Gasteiger partial charge in [0.2, 0.25) is 0 Å². The monoisotopic (exact) mass is 347 g/mol. The molecule has 2 heterocycles. The van der Waals surface area contributed by atoms with E-state index < -0.39 is 0 Å². The van der Waals surface area contributed by atoms with Crippen LogP contribution in [0.25, 0.3) is 0 Å². The van der Waals surface area contributed by atoms with E-state index in [-0.39, 0.29) is 11.9 Å². The van der Waals surface area contributed by atoms with Gasteiger partial charge in [-0.05, 0) is 36.4 Å². The Bertz CT molecular complexity index is 418. The van der Waals surface area contributed by atoms with Crippen LogP contribution in [0, 0.1) is 10.6 Å². The summed E-state index contributed by atoms with van der Waals surface area (Å²) in [5.41, 5.74) is 0. The zero-order valence-electron chi connectivity index (χ0n) is 9.81. The van der Waals surface area contributed by atoms with Gasteiger partial charge in [0.05, 0.1) is 13.2 Å². The standard InChI is InChI=1S/C11H14IN3O2/c1-7(16)9-6-15(3-4-17-9)11-5-10(12)13-8(2)14-11/h5,9H,3-4,6H2,1-2H3. The lowest BCUT2D eigenvalue weighted by Gasteiger charge is -2.32. The van der Waals surface area contributed by atoms with Gasteiger partial charge in [-0.25, -0.2) is 9.97 Å². The predicted octanol–water partition coefficient (Wildman–Crippen LogP) is 1.18. The molecule has 0 amide bonds. The first kappa shape index (κ1) is 12.7. The molecule has 1 saturated heterocycles. The first-order valence-corrected chi connectivity index (χ1v) is 6.52. The molecule has 0 spiro atoms. The second kappa shape index (κ2) is 5.26. The molecule has 1 aromatic heterocycles. The molecule has 92 valence electrons. The third kappa shape index (κ3) is 3.12. The molecule has 1 aliphatic heterocycles. The van der Waals surface area contributed by atoms with Crippen LogP contribution >= 0.6 is 22.6 Å². The van der Waals surface area contributed by atoms with Crippen LogP contribution in [0.3, 0.4) is 0 Å². The summed E-state index contributed by atoms with van der Waals surface area (Å²) in [4.78, 5) is 22.0. The van der Waals surface area contributed by atoms with Crippen molar-refractivity contribution in [3.8, 4) is 0 Å². The minimum absolute atomic E-state index is 0.0650. The Balaban J connectivity index is 2.18. The van der Waals surface area contributed by atoms with Crippen molar-refractivity contribution in [3.05, 3.63) is 15.6 Å². The van der Waals surface area contributed by atoms with E-state index in [1.54, 1.807) is 6.92 Å². The number of hydrogen-bond donors (Lipinski definition) is 0. The highest BCUT2D eigenvalue weighted by atomic mass is 127. The van der Waals surface area contributed by atoms with Crippen molar-refractivity contribution in [1.82, 2.24) is 9.97 Å². The Kier molecular flexibility index (Phi) is 3.93. The molecule has 5 nitrogen and oxygen atoms in total. The van der Waals surface area contributed by atoms with Crippen LogP contribution in [0.15, 0.2) is 6.07 Å². The number of rotatable bonds is 2. The number of nitrogens with zero attached hydrogens (tertiary/aromatic N) is 3. The first-order valence-electron chi connectivity index (χ1n) is 5.44. The lowest BCUT2D eigenvalue weighted by atomic mass is 10.2. The predicted molar refractivity (Wildman–Crippen MR) is 72.1 cm³/mol. The number of ketones is 1. The molecule has 1 atom stereocenters. The normalized spacial score (nSPS) is 20.4. The van der Waals surface area contributed by atoms with Gasteiger partial charge in [0.1, 0.15) is 21.4 Å².